The summed E-state index contributed by atoms with van der Waals surface area (Å²) in [5.74, 6) is 0. The lowest BCUT2D eigenvalue weighted by molar-refractivity contribution is 0.154. The van der Waals surface area contributed by atoms with E-state index < -0.39 is 6.10 Å². The number of aromatic nitrogens is 1. The van der Waals surface area contributed by atoms with Gasteiger partial charge in [-0.1, -0.05) is 30.3 Å². The van der Waals surface area contributed by atoms with Crippen molar-refractivity contribution in [1.29, 1.82) is 0 Å². The zero-order valence-corrected chi connectivity index (χ0v) is 12.2. The maximum Gasteiger partial charge on any atom is 0.107 e. The standard InChI is InChI=1S/C15H20N2OS/c1-11(16-9-15-17-12(2)10-19-15)8-14(18)13-6-4-3-5-7-13/h3-7,10-11,14,16,18H,8-9H2,1-2H3. The molecule has 0 amide bonds. The number of aryl methyl sites for hydroxylation is 1. The third-order valence-electron chi connectivity index (χ3n) is 3.03. The molecule has 1 aromatic heterocycles. The highest BCUT2D eigenvalue weighted by atomic mass is 32.1. The Bertz CT molecular complexity index is 498. The molecule has 2 N–H and O–H groups in total. The molecule has 0 aliphatic rings. The Labute approximate surface area is 118 Å². The van der Waals surface area contributed by atoms with Crippen molar-refractivity contribution in [3.8, 4) is 0 Å². The average molecular weight is 276 g/mol. The first-order valence-electron chi connectivity index (χ1n) is 6.52. The van der Waals surface area contributed by atoms with Crippen LogP contribution in [0, 0.1) is 6.92 Å². The maximum atomic E-state index is 10.1. The van der Waals surface area contributed by atoms with Crippen LogP contribution in [-0.4, -0.2) is 16.1 Å². The van der Waals surface area contributed by atoms with Crippen LogP contribution in [0.1, 0.15) is 35.7 Å². The fraction of sp³-hybridized carbons (Fsp3) is 0.400. The lowest BCUT2D eigenvalue weighted by Gasteiger charge is -2.17. The highest BCUT2D eigenvalue weighted by Crippen LogP contribution is 2.18. The molecule has 3 nitrogen and oxygen atoms in total. The molecule has 0 fully saturated rings. The summed E-state index contributed by atoms with van der Waals surface area (Å²) in [4.78, 5) is 4.41. The Kier molecular flexibility index (Phi) is 5.07. The van der Waals surface area contributed by atoms with Gasteiger partial charge in [0.15, 0.2) is 0 Å². The molecule has 2 unspecified atom stereocenters. The molecule has 0 radical (unpaired) electrons. The van der Waals surface area contributed by atoms with E-state index in [0.29, 0.717) is 6.42 Å². The number of nitrogens with one attached hydrogen (secondary N) is 1. The zero-order chi connectivity index (χ0) is 13.7. The van der Waals surface area contributed by atoms with Gasteiger partial charge in [-0.15, -0.1) is 11.3 Å². The van der Waals surface area contributed by atoms with Crippen LogP contribution in [0.3, 0.4) is 0 Å². The summed E-state index contributed by atoms with van der Waals surface area (Å²) in [6, 6.07) is 10.0. The van der Waals surface area contributed by atoms with Crippen LogP contribution in [0.2, 0.25) is 0 Å². The van der Waals surface area contributed by atoms with Gasteiger partial charge in [-0.05, 0) is 25.8 Å². The van der Waals surface area contributed by atoms with E-state index in [-0.39, 0.29) is 6.04 Å². The SMILES string of the molecule is Cc1csc(CNC(C)CC(O)c2ccccc2)n1. The second-order valence-corrected chi connectivity index (χ2v) is 5.77. The van der Waals surface area contributed by atoms with Crippen molar-refractivity contribution < 1.29 is 5.11 Å². The minimum Gasteiger partial charge on any atom is -0.388 e. The quantitative estimate of drug-likeness (QED) is 0.852. The number of hydrogen-bond donors (Lipinski definition) is 2. The molecule has 0 aliphatic carbocycles. The van der Waals surface area contributed by atoms with Gasteiger partial charge in [-0.2, -0.15) is 0 Å². The van der Waals surface area contributed by atoms with Gasteiger partial charge >= 0.3 is 0 Å². The first-order chi connectivity index (χ1) is 9.15. The number of aliphatic hydroxyl groups is 1. The highest BCUT2D eigenvalue weighted by molar-refractivity contribution is 7.09. The Morgan fingerprint density at radius 3 is 2.68 bits per heavy atom. The summed E-state index contributed by atoms with van der Waals surface area (Å²) in [6.45, 7) is 4.86. The smallest absolute Gasteiger partial charge is 0.107 e. The normalized spacial score (nSPS) is 14.3. The lowest BCUT2D eigenvalue weighted by atomic mass is 10.0. The van der Waals surface area contributed by atoms with Gasteiger partial charge in [0.05, 0.1) is 6.10 Å². The summed E-state index contributed by atoms with van der Waals surface area (Å²) < 4.78 is 0. The topological polar surface area (TPSA) is 45.1 Å². The monoisotopic (exact) mass is 276 g/mol. The number of benzene rings is 1. The van der Waals surface area contributed by atoms with Gasteiger partial charge in [0, 0.05) is 23.7 Å². The van der Waals surface area contributed by atoms with Crippen LogP contribution in [0.5, 0.6) is 0 Å². The first-order valence-corrected chi connectivity index (χ1v) is 7.40. The third kappa shape index (κ3) is 4.42. The van der Waals surface area contributed by atoms with E-state index in [1.165, 1.54) is 0 Å². The Balaban J connectivity index is 1.79. The van der Waals surface area contributed by atoms with Gasteiger partial charge in [-0.3, -0.25) is 0 Å². The van der Waals surface area contributed by atoms with Gasteiger partial charge in [0.2, 0.25) is 0 Å². The molecule has 0 spiro atoms. The van der Waals surface area contributed by atoms with E-state index in [1.807, 2.05) is 37.3 Å². The van der Waals surface area contributed by atoms with Crippen LogP contribution < -0.4 is 5.32 Å². The average Bonchev–Trinajstić information content (AvgIpc) is 2.83. The number of thiazole rings is 1. The Morgan fingerprint density at radius 1 is 1.32 bits per heavy atom. The van der Waals surface area contributed by atoms with E-state index in [4.69, 9.17) is 0 Å². The van der Waals surface area contributed by atoms with E-state index in [1.54, 1.807) is 11.3 Å². The fourth-order valence-corrected chi connectivity index (χ4v) is 2.70. The van der Waals surface area contributed by atoms with Crippen LogP contribution >= 0.6 is 11.3 Å². The van der Waals surface area contributed by atoms with E-state index >= 15 is 0 Å². The van der Waals surface area contributed by atoms with Crippen LogP contribution in [0.25, 0.3) is 0 Å². The summed E-state index contributed by atoms with van der Waals surface area (Å²) in [6.07, 6.45) is 0.288. The Hall–Kier alpha value is -1.23. The molecular formula is C15H20N2OS. The number of nitrogens with zero attached hydrogens (tertiary/aromatic N) is 1. The molecular weight excluding hydrogens is 256 g/mol. The van der Waals surface area contributed by atoms with Crippen LogP contribution in [0.4, 0.5) is 0 Å². The van der Waals surface area contributed by atoms with Crippen LogP contribution in [-0.2, 0) is 6.54 Å². The number of rotatable bonds is 6. The molecule has 19 heavy (non-hydrogen) atoms. The third-order valence-corrected chi connectivity index (χ3v) is 4.00. The summed E-state index contributed by atoms with van der Waals surface area (Å²) in [5, 5.41) is 16.7. The molecule has 0 bridgehead atoms. The summed E-state index contributed by atoms with van der Waals surface area (Å²) >= 11 is 1.67. The summed E-state index contributed by atoms with van der Waals surface area (Å²) in [5.41, 5.74) is 2.04. The minimum absolute atomic E-state index is 0.249. The fourth-order valence-electron chi connectivity index (χ4n) is 1.97. The van der Waals surface area contributed by atoms with Crippen LogP contribution in [0.15, 0.2) is 35.7 Å². The van der Waals surface area contributed by atoms with Gasteiger partial charge in [0.25, 0.3) is 0 Å². The first kappa shape index (κ1) is 14.2. The number of aliphatic hydroxyl groups excluding tert-OH is 1. The highest BCUT2D eigenvalue weighted by Gasteiger charge is 2.12. The van der Waals surface area contributed by atoms with Crippen molar-refractivity contribution in [2.75, 3.05) is 0 Å². The molecule has 2 atom stereocenters. The van der Waals surface area contributed by atoms with E-state index in [2.05, 4.69) is 22.6 Å². The molecule has 0 saturated carbocycles. The molecule has 1 heterocycles. The lowest BCUT2D eigenvalue weighted by Crippen LogP contribution is -2.27. The van der Waals surface area contributed by atoms with Crippen molar-refractivity contribution in [1.82, 2.24) is 10.3 Å². The molecule has 1 aromatic carbocycles. The van der Waals surface area contributed by atoms with Crippen molar-refractivity contribution in [3.63, 3.8) is 0 Å². The largest absolute Gasteiger partial charge is 0.388 e. The van der Waals surface area contributed by atoms with Crippen molar-refractivity contribution in [2.24, 2.45) is 0 Å². The van der Waals surface area contributed by atoms with Crippen molar-refractivity contribution in [2.45, 2.75) is 39.0 Å². The van der Waals surface area contributed by atoms with E-state index in [0.717, 1.165) is 22.8 Å². The molecule has 0 saturated heterocycles. The second kappa shape index (κ2) is 6.80. The predicted molar refractivity (Wildman–Crippen MR) is 79.2 cm³/mol. The molecule has 0 aliphatic heterocycles. The summed E-state index contributed by atoms with van der Waals surface area (Å²) in [7, 11) is 0. The number of hydrogen-bond acceptors (Lipinski definition) is 4. The van der Waals surface area contributed by atoms with Crippen molar-refractivity contribution in [3.05, 3.63) is 52.0 Å². The van der Waals surface area contributed by atoms with Gasteiger partial charge in [0.1, 0.15) is 5.01 Å². The van der Waals surface area contributed by atoms with Gasteiger partial charge in [-0.25, -0.2) is 4.98 Å². The van der Waals surface area contributed by atoms with E-state index in [9.17, 15) is 5.11 Å². The maximum absolute atomic E-state index is 10.1. The second-order valence-electron chi connectivity index (χ2n) is 4.83. The Morgan fingerprint density at radius 2 is 2.05 bits per heavy atom. The predicted octanol–water partition coefficient (Wildman–Crippen LogP) is 3.05. The van der Waals surface area contributed by atoms with Crippen molar-refractivity contribution >= 4 is 11.3 Å². The minimum atomic E-state index is -0.415. The van der Waals surface area contributed by atoms with Gasteiger partial charge < -0.3 is 10.4 Å². The molecule has 2 aromatic rings. The molecule has 4 heteroatoms. The molecule has 2 rings (SSSR count). The molecule has 102 valence electrons. The zero-order valence-electron chi connectivity index (χ0n) is 11.3.